The van der Waals surface area contributed by atoms with Gasteiger partial charge in [-0.05, 0) is 23.8 Å². The molecule has 1 aromatic heterocycles. The number of aromatic nitrogens is 2. The average molecular weight is 357 g/mol. The third kappa shape index (κ3) is 4.23. The van der Waals surface area contributed by atoms with E-state index in [4.69, 9.17) is 14.2 Å². The first-order valence-electron chi connectivity index (χ1n) is 8.50. The first-order chi connectivity index (χ1) is 12.7. The molecule has 1 N–H and O–H groups in total. The first-order valence-corrected chi connectivity index (χ1v) is 8.50. The van der Waals surface area contributed by atoms with Gasteiger partial charge in [0.1, 0.15) is 0 Å². The van der Waals surface area contributed by atoms with Gasteiger partial charge < -0.3 is 19.5 Å². The number of carbonyl (C=O) groups excluding carboxylic acids is 1. The number of ether oxygens (including phenoxy) is 3. The van der Waals surface area contributed by atoms with E-state index in [0.29, 0.717) is 31.2 Å². The Kier molecular flexibility index (Phi) is 5.91. The van der Waals surface area contributed by atoms with Crippen LogP contribution in [-0.2, 0) is 29.1 Å². The predicted octanol–water partition coefficient (Wildman–Crippen LogP) is 1.80. The molecule has 0 spiro atoms. The smallest absolute Gasteiger partial charge is 0.244 e. The summed E-state index contributed by atoms with van der Waals surface area (Å²) in [5.74, 6) is 1.13. The Bertz CT molecular complexity index is 798. The first kappa shape index (κ1) is 18.0. The number of amides is 1. The molecule has 2 aromatic rings. The highest BCUT2D eigenvalue weighted by molar-refractivity contribution is 5.91. The predicted molar refractivity (Wildman–Crippen MR) is 97.2 cm³/mol. The van der Waals surface area contributed by atoms with Crippen LogP contribution in [0.3, 0.4) is 0 Å². The zero-order chi connectivity index (χ0) is 18.4. The van der Waals surface area contributed by atoms with E-state index in [1.165, 1.54) is 11.8 Å². The lowest BCUT2D eigenvalue weighted by atomic mass is 10.2. The Morgan fingerprint density at radius 3 is 3.00 bits per heavy atom. The van der Waals surface area contributed by atoms with E-state index in [1.54, 1.807) is 26.4 Å². The topological polar surface area (TPSA) is 74.6 Å². The van der Waals surface area contributed by atoms with Gasteiger partial charge in [0, 0.05) is 30.3 Å². The fourth-order valence-electron chi connectivity index (χ4n) is 2.88. The Morgan fingerprint density at radius 1 is 1.35 bits per heavy atom. The van der Waals surface area contributed by atoms with Crippen LogP contribution >= 0.6 is 0 Å². The lowest BCUT2D eigenvalue weighted by Gasteiger charge is -2.14. The molecule has 0 saturated heterocycles. The summed E-state index contributed by atoms with van der Waals surface area (Å²) in [5, 5.41) is 7.24. The van der Waals surface area contributed by atoms with Crippen LogP contribution in [-0.4, -0.2) is 43.1 Å². The lowest BCUT2D eigenvalue weighted by molar-refractivity contribution is -0.116. The number of methoxy groups -OCH3 is 2. The van der Waals surface area contributed by atoms with E-state index in [-0.39, 0.29) is 5.91 Å². The minimum atomic E-state index is -0.149. The molecule has 2 heterocycles. The van der Waals surface area contributed by atoms with Gasteiger partial charge in [0.15, 0.2) is 11.5 Å². The zero-order valence-electron chi connectivity index (χ0n) is 15.0. The molecule has 1 aliphatic heterocycles. The van der Waals surface area contributed by atoms with Crippen molar-refractivity contribution in [2.24, 2.45) is 0 Å². The molecule has 0 aliphatic carbocycles. The highest BCUT2D eigenvalue weighted by atomic mass is 16.5. The van der Waals surface area contributed by atoms with Gasteiger partial charge in [-0.15, -0.1) is 0 Å². The summed E-state index contributed by atoms with van der Waals surface area (Å²) in [6.07, 6.45) is 5.95. The van der Waals surface area contributed by atoms with Crippen molar-refractivity contribution in [3.05, 3.63) is 47.3 Å². The fourth-order valence-corrected chi connectivity index (χ4v) is 2.88. The summed E-state index contributed by atoms with van der Waals surface area (Å²) in [7, 11) is 3.17. The van der Waals surface area contributed by atoms with Crippen LogP contribution in [0.5, 0.6) is 11.5 Å². The van der Waals surface area contributed by atoms with E-state index in [1.807, 2.05) is 23.0 Å². The second-order valence-corrected chi connectivity index (χ2v) is 5.88. The van der Waals surface area contributed by atoms with Crippen molar-refractivity contribution in [1.29, 1.82) is 0 Å². The molecule has 1 aromatic carbocycles. The Hall–Kier alpha value is -2.80. The maximum absolute atomic E-state index is 12.0. The Morgan fingerprint density at radius 2 is 2.19 bits per heavy atom. The molecular weight excluding hydrogens is 334 g/mol. The number of hydrogen-bond donors (Lipinski definition) is 1. The Balaban J connectivity index is 1.51. The van der Waals surface area contributed by atoms with E-state index in [0.717, 1.165) is 24.2 Å². The normalized spacial score (nSPS) is 13.5. The summed E-state index contributed by atoms with van der Waals surface area (Å²) < 4.78 is 17.8. The minimum absolute atomic E-state index is 0.149. The van der Waals surface area contributed by atoms with Gasteiger partial charge in [0.05, 0.1) is 40.2 Å². The monoisotopic (exact) mass is 357 g/mol. The molecule has 0 atom stereocenters. The van der Waals surface area contributed by atoms with Gasteiger partial charge in [0.2, 0.25) is 5.91 Å². The van der Waals surface area contributed by atoms with Crippen molar-refractivity contribution >= 4 is 12.0 Å². The molecule has 3 rings (SSSR count). The van der Waals surface area contributed by atoms with Gasteiger partial charge in [-0.2, -0.15) is 5.10 Å². The SMILES string of the molecule is COc1ccc(/C=C/C(=O)NCCn2ncc3c2CCOC3)cc1OC. The number of nitrogens with one attached hydrogen (secondary N) is 1. The quantitative estimate of drug-likeness (QED) is 0.765. The third-order valence-electron chi connectivity index (χ3n) is 4.23. The summed E-state index contributed by atoms with van der Waals surface area (Å²) in [6, 6.07) is 5.49. The second kappa shape index (κ2) is 8.53. The van der Waals surface area contributed by atoms with Crippen LogP contribution in [0.25, 0.3) is 6.08 Å². The van der Waals surface area contributed by atoms with Crippen molar-refractivity contribution in [2.75, 3.05) is 27.4 Å². The molecule has 1 aliphatic rings. The van der Waals surface area contributed by atoms with E-state index in [9.17, 15) is 4.79 Å². The fraction of sp³-hybridized carbons (Fsp3) is 0.368. The molecule has 1 amide bonds. The number of benzene rings is 1. The average Bonchev–Trinajstić information content (AvgIpc) is 3.09. The molecule has 0 fully saturated rings. The van der Waals surface area contributed by atoms with Crippen molar-refractivity contribution in [3.8, 4) is 11.5 Å². The maximum atomic E-state index is 12.0. The molecule has 7 nitrogen and oxygen atoms in total. The molecule has 0 saturated carbocycles. The van der Waals surface area contributed by atoms with E-state index in [2.05, 4.69) is 10.4 Å². The van der Waals surface area contributed by atoms with Crippen molar-refractivity contribution in [1.82, 2.24) is 15.1 Å². The summed E-state index contributed by atoms with van der Waals surface area (Å²) in [5.41, 5.74) is 3.20. The Labute approximate surface area is 152 Å². The number of rotatable bonds is 7. The van der Waals surface area contributed by atoms with Crippen LogP contribution in [0.1, 0.15) is 16.8 Å². The van der Waals surface area contributed by atoms with Crippen LogP contribution in [0.4, 0.5) is 0 Å². The summed E-state index contributed by atoms with van der Waals surface area (Å²) in [4.78, 5) is 12.0. The number of nitrogens with zero attached hydrogens (tertiary/aromatic N) is 2. The van der Waals surface area contributed by atoms with Crippen LogP contribution in [0.15, 0.2) is 30.5 Å². The number of hydrogen-bond acceptors (Lipinski definition) is 5. The van der Waals surface area contributed by atoms with Crippen molar-refractivity contribution in [2.45, 2.75) is 19.6 Å². The van der Waals surface area contributed by atoms with Crippen LogP contribution < -0.4 is 14.8 Å². The van der Waals surface area contributed by atoms with Gasteiger partial charge in [0.25, 0.3) is 0 Å². The van der Waals surface area contributed by atoms with Gasteiger partial charge in [-0.25, -0.2) is 0 Å². The third-order valence-corrected chi connectivity index (χ3v) is 4.23. The van der Waals surface area contributed by atoms with Crippen LogP contribution in [0.2, 0.25) is 0 Å². The molecule has 138 valence electrons. The molecule has 7 heteroatoms. The molecule has 0 radical (unpaired) electrons. The molecule has 0 unspecified atom stereocenters. The number of carbonyl (C=O) groups is 1. The standard InChI is InChI=1S/C19H23N3O4/c1-24-17-5-3-14(11-18(17)25-2)4-6-19(23)20-8-9-22-16-7-10-26-13-15(16)12-21-22/h3-6,11-12H,7-10,13H2,1-2H3,(H,20,23)/b6-4+. The minimum Gasteiger partial charge on any atom is -0.493 e. The summed E-state index contributed by atoms with van der Waals surface area (Å²) >= 11 is 0. The molecule has 26 heavy (non-hydrogen) atoms. The van der Waals surface area contributed by atoms with Gasteiger partial charge in [-0.3, -0.25) is 9.48 Å². The summed E-state index contributed by atoms with van der Waals surface area (Å²) in [6.45, 7) is 2.50. The maximum Gasteiger partial charge on any atom is 0.244 e. The molecular formula is C19H23N3O4. The van der Waals surface area contributed by atoms with E-state index < -0.39 is 0 Å². The highest BCUT2D eigenvalue weighted by Crippen LogP contribution is 2.27. The highest BCUT2D eigenvalue weighted by Gasteiger charge is 2.14. The van der Waals surface area contributed by atoms with Crippen molar-refractivity contribution < 1.29 is 19.0 Å². The molecule has 0 bridgehead atoms. The van der Waals surface area contributed by atoms with Crippen molar-refractivity contribution in [3.63, 3.8) is 0 Å². The van der Waals surface area contributed by atoms with Crippen LogP contribution in [0, 0.1) is 0 Å². The lowest BCUT2D eigenvalue weighted by Crippen LogP contribution is -2.26. The van der Waals surface area contributed by atoms with Gasteiger partial charge >= 0.3 is 0 Å². The van der Waals surface area contributed by atoms with Gasteiger partial charge in [-0.1, -0.05) is 6.07 Å². The largest absolute Gasteiger partial charge is 0.493 e. The second-order valence-electron chi connectivity index (χ2n) is 5.88. The number of fused-ring (bicyclic) bond motifs is 1. The van der Waals surface area contributed by atoms with E-state index >= 15 is 0 Å². The zero-order valence-corrected chi connectivity index (χ0v) is 15.0.